The van der Waals surface area contributed by atoms with Crippen molar-refractivity contribution >= 4 is 103 Å². The second kappa shape index (κ2) is 22.7. The Bertz CT molecular complexity index is 4770. The molecule has 2 aliphatic rings. The highest BCUT2D eigenvalue weighted by atomic mass is 35.5. The zero-order valence-corrected chi connectivity index (χ0v) is 48.4. The van der Waals surface area contributed by atoms with Gasteiger partial charge in [0.15, 0.2) is 22.9 Å². The van der Waals surface area contributed by atoms with Crippen molar-refractivity contribution in [2.45, 2.75) is 39.0 Å². The number of carbonyl (C=O) groups is 6. The Hall–Kier alpha value is -11.1. The molecule has 2 atom stereocenters. The van der Waals surface area contributed by atoms with E-state index in [1.807, 2.05) is 86.6 Å². The summed E-state index contributed by atoms with van der Waals surface area (Å²) in [6.07, 6.45) is 9.96. The lowest BCUT2D eigenvalue weighted by Crippen LogP contribution is -2.33. The van der Waals surface area contributed by atoms with Crippen LogP contribution in [0.5, 0.6) is 0 Å². The van der Waals surface area contributed by atoms with Gasteiger partial charge in [-0.2, -0.15) is 10.2 Å². The number of carbonyl (C=O) groups excluding carboxylic acids is 6. The zero-order chi connectivity index (χ0) is 61.1. The lowest BCUT2D eigenvalue weighted by Gasteiger charge is -2.21. The Morgan fingerprint density at radius 2 is 0.966 bits per heavy atom. The number of nitrogen functional groups attached to an aromatic ring is 2. The summed E-state index contributed by atoms with van der Waals surface area (Å²) in [6, 6.07) is 39.0. The maximum absolute atomic E-state index is 13.5. The van der Waals surface area contributed by atoms with E-state index in [2.05, 4.69) is 35.9 Å². The summed E-state index contributed by atoms with van der Waals surface area (Å²) >= 11 is 13.6. The number of anilines is 2. The van der Waals surface area contributed by atoms with Crippen LogP contribution < -0.4 is 22.1 Å². The van der Waals surface area contributed by atoms with Gasteiger partial charge in [-0.25, -0.2) is 19.0 Å². The second-order valence-electron chi connectivity index (χ2n) is 21.0. The summed E-state index contributed by atoms with van der Waals surface area (Å²) in [5.74, 6) is -2.02. The molecule has 0 bridgehead atoms. The van der Waals surface area contributed by atoms with Gasteiger partial charge in [-0.15, -0.1) is 10.2 Å². The number of hydrogen-bond donors (Lipinski definition) is 4. The molecule has 0 fully saturated rings. The third-order valence-electron chi connectivity index (χ3n) is 15.6. The van der Waals surface area contributed by atoms with Gasteiger partial charge in [0, 0.05) is 66.0 Å². The topological polar surface area (TPSA) is 281 Å². The summed E-state index contributed by atoms with van der Waals surface area (Å²) < 4.78 is 6.35. The number of fused-ring (bicyclic) bond motifs is 6. The van der Waals surface area contributed by atoms with Crippen LogP contribution in [0, 0.1) is 0 Å². The Labute approximate surface area is 509 Å². The molecule has 22 nitrogen and oxygen atoms in total. The first-order valence-corrected chi connectivity index (χ1v) is 28.6. The number of rotatable bonds is 14. The van der Waals surface area contributed by atoms with Gasteiger partial charge in [-0.05, 0) is 84.6 Å². The molecule has 0 spiro atoms. The van der Waals surface area contributed by atoms with Crippen LogP contribution in [0.25, 0.3) is 55.4 Å². The molecule has 6 amide bonds. The molecule has 0 saturated heterocycles. The summed E-state index contributed by atoms with van der Waals surface area (Å²) in [7, 11) is 0. The van der Waals surface area contributed by atoms with E-state index in [0.717, 1.165) is 33.4 Å². The standard InChI is InChI=1S/2C32H25ClN8O3/c1-18(36-30(42)26-28(34)38-41-13-7-12-35-29(26)41)22-16-24(33)23-17-39(37-27(23)25(22)19-8-3-2-4-9-19)14-15-40-31(43)20-10-5-6-11-21(20)32(40)44;1-18(37-30(42)26-28(34)38-41-13-7-12-35-29(26)41)22-16-24(33)23-17-36-40(27(23)25(22)19-8-3-2-4-9-19)15-14-39-31(43)20-10-5-6-11-21(20)32(39)44/h2-13,16-18H,14-15H2,1H3,(H2,34,38)(H,36,42);2-13,16-18H,14-15H2,1H3,(H2,34,38)(H,37,42). The molecule has 0 radical (unpaired) electrons. The normalized spacial score (nSPS) is 13.5. The van der Waals surface area contributed by atoms with Gasteiger partial charge < -0.3 is 22.1 Å². The van der Waals surface area contributed by atoms with Crippen LogP contribution in [0.15, 0.2) is 171 Å². The minimum Gasteiger partial charge on any atom is -0.381 e. The monoisotopic (exact) mass is 1210 g/mol. The Morgan fingerprint density at radius 1 is 0.534 bits per heavy atom. The highest BCUT2D eigenvalue weighted by Gasteiger charge is 2.37. The summed E-state index contributed by atoms with van der Waals surface area (Å²) in [5.41, 5.74) is 21.0. The third kappa shape index (κ3) is 9.84. The molecule has 2 unspecified atom stereocenters. The van der Waals surface area contributed by atoms with Crippen molar-refractivity contribution in [3.05, 3.63) is 225 Å². The molecule has 0 saturated carbocycles. The van der Waals surface area contributed by atoms with Crippen molar-refractivity contribution in [1.82, 2.24) is 69.2 Å². The van der Waals surface area contributed by atoms with E-state index in [1.165, 1.54) is 18.8 Å². The average Bonchev–Trinajstić information content (AvgIpc) is 2.09. The van der Waals surface area contributed by atoms with Crippen molar-refractivity contribution in [3.8, 4) is 22.3 Å². The number of halogens is 2. The Kier molecular flexibility index (Phi) is 14.5. The van der Waals surface area contributed by atoms with E-state index in [-0.39, 0.29) is 72.6 Å². The van der Waals surface area contributed by atoms with Gasteiger partial charge in [0.2, 0.25) is 0 Å². The second-order valence-corrected chi connectivity index (χ2v) is 21.8. The van der Waals surface area contributed by atoms with E-state index in [0.29, 0.717) is 65.4 Å². The minimum absolute atomic E-state index is 0.0661. The van der Waals surface area contributed by atoms with Crippen LogP contribution in [0.4, 0.5) is 11.6 Å². The van der Waals surface area contributed by atoms with E-state index < -0.39 is 23.9 Å². The van der Waals surface area contributed by atoms with E-state index in [9.17, 15) is 28.8 Å². The molecular formula is C64H50Cl2N16O6. The number of nitrogens with two attached hydrogens (primary N) is 2. The van der Waals surface area contributed by atoms with Crippen LogP contribution in [-0.4, -0.2) is 107 Å². The van der Waals surface area contributed by atoms with Crippen LogP contribution in [0.3, 0.4) is 0 Å². The van der Waals surface area contributed by atoms with Crippen molar-refractivity contribution in [1.29, 1.82) is 0 Å². The predicted molar refractivity (Wildman–Crippen MR) is 331 cm³/mol. The van der Waals surface area contributed by atoms with Crippen molar-refractivity contribution in [2.75, 3.05) is 24.6 Å². The molecule has 6 aromatic heterocycles. The summed E-state index contributed by atoms with van der Waals surface area (Å²) in [4.78, 5) is 89.8. The highest BCUT2D eigenvalue weighted by Crippen LogP contribution is 2.41. The van der Waals surface area contributed by atoms with Crippen molar-refractivity contribution in [3.63, 3.8) is 0 Å². The van der Waals surface area contributed by atoms with Crippen LogP contribution in [0.1, 0.15) is 99.2 Å². The Morgan fingerprint density at radius 3 is 1.45 bits per heavy atom. The molecule has 24 heteroatoms. The quantitative estimate of drug-likeness (QED) is 0.0738. The molecule has 6 aromatic carbocycles. The summed E-state index contributed by atoms with van der Waals surface area (Å²) in [6.45, 7) is 4.49. The predicted octanol–water partition coefficient (Wildman–Crippen LogP) is 9.54. The fourth-order valence-corrected chi connectivity index (χ4v) is 12.0. The summed E-state index contributed by atoms with van der Waals surface area (Å²) in [5, 5.41) is 26.2. The minimum atomic E-state index is -0.530. The number of benzene rings is 6. The van der Waals surface area contributed by atoms with Gasteiger partial charge in [-0.1, -0.05) is 108 Å². The Balaban J connectivity index is 0.000000162. The van der Waals surface area contributed by atoms with Crippen LogP contribution >= 0.6 is 23.2 Å². The maximum atomic E-state index is 13.5. The first kappa shape index (κ1) is 56.1. The van der Waals surface area contributed by atoms with E-state index in [4.69, 9.17) is 39.8 Å². The van der Waals surface area contributed by atoms with Crippen LogP contribution in [0.2, 0.25) is 10.0 Å². The molecule has 6 N–H and O–H groups in total. The molecule has 8 heterocycles. The first-order valence-electron chi connectivity index (χ1n) is 27.8. The first-order chi connectivity index (χ1) is 42.6. The van der Waals surface area contributed by atoms with E-state index >= 15 is 0 Å². The number of nitrogens with zero attached hydrogens (tertiary/aromatic N) is 12. The number of imide groups is 2. The molecule has 14 rings (SSSR count). The van der Waals surface area contributed by atoms with Crippen molar-refractivity contribution < 1.29 is 28.8 Å². The zero-order valence-electron chi connectivity index (χ0n) is 46.9. The molecular weight excluding hydrogens is 1160 g/mol. The van der Waals surface area contributed by atoms with Crippen LogP contribution in [-0.2, 0) is 13.1 Å². The maximum Gasteiger partial charge on any atom is 0.261 e. The fraction of sp³-hybridized carbons (Fsp3) is 0.125. The van der Waals surface area contributed by atoms with Gasteiger partial charge in [-0.3, -0.25) is 47.9 Å². The molecule has 12 aromatic rings. The van der Waals surface area contributed by atoms with Gasteiger partial charge >= 0.3 is 0 Å². The third-order valence-corrected chi connectivity index (χ3v) is 16.3. The molecule has 2 aliphatic heterocycles. The lowest BCUT2D eigenvalue weighted by molar-refractivity contribution is 0.0632. The van der Waals surface area contributed by atoms with E-state index in [1.54, 1.807) is 107 Å². The molecule has 436 valence electrons. The van der Waals surface area contributed by atoms with Gasteiger partial charge in [0.25, 0.3) is 35.4 Å². The van der Waals surface area contributed by atoms with Gasteiger partial charge in [0.05, 0.1) is 69.2 Å². The largest absolute Gasteiger partial charge is 0.381 e. The number of hydrogen-bond acceptors (Lipinski definition) is 14. The van der Waals surface area contributed by atoms with Crippen molar-refractivity contribution in [2.24, 2.45) is 0 Å². The number of aromatic nitrogens is 10. The lowest BCUT2D eigenvalue weighted by atomic mass is 9.93. The highest BCUT2D eigenvalue weighted by molar-refractivity contribution is 6.36. The molecule has 0 aliphatic carbocycles. The number of amides is 6. The fourth-order valence-electron chi connectivity index (χ4n) is 11.5. The molecule has 88 heavy (non-hydrogen) atoms. The van der Waals surface area contributed by atoms with Gasteiger partial charge in [0.1, 0.15) is 16.6 Å². The smallest absolute Gasteiger partial charge is 0.261 e. The SMILES string of the molecule is CC(NC(=O)c1c(N)nn2cccnc12)c1cc(Cl)c2cn(CCN3C(=O)c4ccccc4C3=O)nc2c1-c1ccccc1.CC(NC(=O)c1c(N)nn2cccnc12)c1cc(Cl)c2cnn(CCN3C(=O)c4ccccc4C3=O)c2c1-c1ccccc1. The number of nitrogens with one attached hydrogen (secondary N) is 2. The average molecular weight is 1210 g/mol.